The second-order valence-corrected chi connectivity index (χ2v) is 5.80. The van der Waals surface area contributed by atoms with E-state index in [4.69, 9.17) is 27.6 Å². The Morgan fingerprint density at radius 3 is 2.22 bits per heavy atom. The highest BCUT2D eigenvalue weighted by Crippen LogP contribution is 2.23. The van der Waals surface area contributed by atoms with E-state index in [1.165, 1.54) is 0 Å². The van der Waals surface area contributed by atoms with Crippen LogP contribution in [0.3, 0.4) is 0 Å². The van der Waals surface area contributed by atoms with Gasteiger partial charge in [0.1, 0.15) is 11.5 Å². The maximum Gasteiger partial charge on any atom is 0.147 e. The van der Waals surface area contributed by atoms with Crippen molar-refractivity contribution in [2.75, 3.05) is 0 Å². The Morgan fingerprint density at radius 1 is 0.870 bits per heavy atom. The molecule has 5 heteroatoms. The molecule has 2 aromatic carbocycles. The zero-order valence-electron chi connectivity index (χ0n) is 12.2. The Hall–Kier alpha value is -2.23. The van der Waals surface area contributed by atoms with Gasteiger partial charge in [-0.15, -0.1) is 0 Å². The maximum absolute atomic E-state index is 5.88. The number of hydrogen-bond acceptors (Lipinski definition) is 3. The topological polar surface area (TPSA) is 37.5 Å². The van der Waals surface area contributed by atoms with Crippen LogP contribution in [0, 0.1) is 0 Å². The van der Waals surface area contributed by atoms with Gasteiger partial charge in [-0.05, 0) is 54.1 Å². The molecule has 23 heavy (non-hydrogen) atoms. The number of furan rings is 1. The SMILES string of the molecule is Clc1ccc(CN/N=C\c2ccc(-c3ccc(Cl)cc3)o2)cc1. The Morgan fingerprint density at radius 2 is 1.52 bits per heavy atom. The lowest BCUT2D eigenvalue weighted by Crippen LogP contribution is -2.05. The third-order valence-electron chi connectivity index (χ3n) is 3.24. The van der Waals surface area contributed by atoms with Gasteiger partial charge in [0.15, 0.2) is 0 Å². The van der Waals surface area contributed by atoms with E-state index in [2.05, 4.69) is 10.5 Å². The smallest absolute Gasteiger partial charge is 0.147 e. The second kappa shape index (κ2) is 7.36. The molecule has 0 atom stereocenters. The van der Waals surface area contributed by atoms with E-state index < -0.39 is 0 Å². The van der Waals surface area contributed by atoms with Gasteiger partial charge in [-0.3, -0.25) is 0 Å². The van der Waals surface area contributed by atoms with Crippen LogP contribution in [0.2, 0.25) is 10.0 Å². The van der Waals surface area contributed by atoms with E-state index in [1.54, 1.807) is 6.21 Å². The summed E-state index contributed by atoms with van der Waals surface area (Å²) in [5.41, 5.74) is 5.05. The molecule has 1 aromatic heterocycles. The minimum absolute atomic E-state index is 0.623. The average molecular weight is 345 g/mol. The molecule has 0 saturated heterocycles. The van der Waals surface area contributed by atoms with Gasteiger partial charge in [-0.1, -0.05) is 35.3 Å². The van der Waals surface area contributed by atoms with Gasteiger partial charge in [0.25, 0.3) is 0 Å². The second-order valence-electron chi connectivity index (χ2n) is 4.93. The number of rotatable bonds is 5. The van der Waals surface area contributed by atoms with Gasteiger partial charge < -0.3 is 9.84 Å². The zero-order valence-corrected chi connectivity index (χ0v) is 13.7. The van der Waals surface area contributed by atoms with E-state index in [0.29, 0.717) is 17.3 Å². The van der Waals surface area contributed by atoms with Crippen LogP contribution in [0.15, 0.2) is 70.2 Å². The summed E-state index contributed by atoms with van der Waals surface area (Å²) >= 11 is 11.7. The lowest BCUT2D eigenvalue weighted by Gasteiger charge is -2.00. The molecule has 0 aliphatic rings. The van der Waals surface area contributed by atoms with Crippen LogP contribution in [0.4, 0.5) is 0 Å². The fraction of sp³-hybridized carbons (Fsp3) is 0.0556. The van der Waals surface area contributed by atoms with Crippen LogP contribution >= 0.6 is 23.2 Å². The summed E-state index contributed by atoms with van der Waals surface area (Å²) < 4.78 is 5.73. The predicted molar refractivity (Wildman–Crippen MR) is 95.0 cm³/mol. The minimum Gasteiger partial charge on any atom is -0.455 e. The molecule has 0 fully saturated rings. The predicted octanol–water partition coefficient (Wildman–Crippen LogP) is 5.38. The average Bonchev–Trinajstić information content (AvgIpc) is 3.03. The van der Waals surface area contributed by atoms with Crippen LogP contribution in [-0.4, -0.2) is 6.21 Å². The first-order valence-electron chi connectivity index (χ1n) is 7.07. The molecule has 1 N–H and O–H groups in total. The molecule has 3 aromatic rings. The van der Waals surface area contributed by atoms with Crippen LogP contribution in [0.5, 0.6) is 0 Å². The molecule has 0 amide bonds. The lowest BCUT2D eigenvalue weighted by atomic mass is 10.2. The summed E-state index contributed by atoms with van der Waals surface area (Å²) in [5, 5.41) is 5.58. The highest BCUT2D eigenvalue weighted by Gasteiger charge is 2.03. The van der Waals surface area contributed by atoms with Crippen molar-refractivity contribution in [1.29, 1.82) is 0 Å². The molecule has 0 bridgehead atoms. The number of hydrogen-bond donors (Lipinski definition) is 1. The van der Waals surface area contributed by atoms with Gasteiger partial charge in [-0.2, -0.15) is 5.10 Å². The summed E-state index contributed by atoms with van der Waals surface area (Å²) in [6.07, 6.45) is 1.65. The van der Waals surface area contributed by atoms with Gasteiger partial charge in [0.05, 0.1) is 12.8 Å². The fourth-order valence-corrected chi connectivity index (χ4v) is 2.29. The van der Waals surface area contributed by atoms with Gasteiger partial charge in [-0.25, -0.2) is 0 Å². The molecule has 3 rings (SSSR count). The minimum atomic E-state index is 0.623. The quantitative estimate of drug-likeness (QED) is 0.498. The Bertz CT molecular complexity index is 793. The number of nitrogens with zero attached hydrogens (tertiary/aromatic N) is 1. The van der Waals surface area contributed by atoms with Crippen molar-refractivity contribution in [3.8, 4) is 11.3 Å². The first-order valence-corrected chi connectivity index (χ1v) is 7.82. The molecular weight excluding hydrogens is 331 g/mol. The van der Waals surface area contributed by atoms with E-state index >= 15 is 0 Å². The first kappa shape index (κ1) is 15.7. The zero-order chi connectivity index (χ0) is 16.1. The lowest BCUT2D eigenvalue weighted by molar-refractivity contribution is 0.573. The van der Waals surface area contributed by atoms with Crippen molar-refractivity contribution < 1.29 is 4.42 Å². The van der Waals surface area contributed by atoms with Crippen LogP contribution in [0.1, 0.15) is 11.3 Å². The number of halogens is 2. The summed E-state index contributed by atoms with van der Waals surface area (Å²) in [6.45, 7) is 0.623. The fourth-order valence-electron chi connectivity index (χ4n) is 2.04. The molecule has 0 unspecified atom stereocenters. The number of benzene rings is 2. The summed E-state index contributed by atoms with van der Waals surface area (Å²) in [4.78, 5) is 0. The highest BCUT2D eigenvalue weighted by atomic mass is 35.5. The molecule has 0 aliphatic carbocycles. The Balaban J connectivity index is 1.58. The Kier molecular flexibility index (Phi) is 5.01. The monoisotopic (exact) mass is 344 g/mol. The van der Waals surface area contributed by atoms with E-state index in [1.807, 2.05) is 60.7 Å². The van der Waals surface area contributed by atoms with Crippen LogP contribution < -0.4 is 5.43 Å². The maximum atomic E-state index is 5.88. The first-order chi connectivity index (χ1) is 11.2. The van der Waals surface area contributed by atoms with Crippen LogP contribution in [0.25, 0.3) is 11.3 Å². The van der Waals surface area contributed by atoms with Gasteiger partial charge in [0, 0.05) is 15.6 Å². The summed E-state index contributed by atoms with van der Waals surface area (Å²) in [6, 6.07) is 18.9. The summed E-state index contributed by atoms with van der Waals surface area (Å²) in [5.74, 6) is 1.46. The standard InChI is InChI=1S/C18H14Cl2N2O/c19-15-5-1-13(2-6-15)11-21-22-12-17-9-10-18(23-17)14-3-7-16(20)8-4-14/h1-10,12,21H,11H2/b22-12-. The van der Waals surface area contributed by atoms with Crippen molar-refractivity contribution in [1.82, 2.24) is 5.43 Å². The van der Waals surface area contributed by atoms with Crippen LogP contribution in [-0.2, 0) is 6.54 Å². The van der Waals surface area contributed by atoms with Gasteiger partial charge in [0.2, 0.25) is 0 Å². The molecule has 0 saturated carbocycles. The van der Waals surface area contributed by atoms with Crippen molar-refractivity contribution >= 4 is 29.4 Å². The van der Waals surface area contributed by atoms with Crippen molar-refractivity contribution in [2.45, 2.75) is 6.54 Å². The molecular formula is C18H14Cl2N2O. The summed E-state index contributed by atoms with van der Waals surface area (Å²) in [7, 11) is 0. The van der Waals surface area contributed by atoms with Gasteiger partial charge >= 0.3 is 0 Å². The Labute approximate surface area is 144 Å². The normalized spacial score (nSPS) is 11.0. The molecule has 3 nitrogen and oxygen atoms in total. The van der Waals surface area contributed by atoms with Crippen molar-refractivity contribution in [2.24, 2.45) is 5.10 Å². The number of nitrogens with one attached hydrogen (secondary N) is 1. The molecule has 116 valence electrons. The molecule has 0 aliphatic heterocycles. The van der Waals surface area contributed by atoms with Crippen molar-refractivity contribution in [3.63, 3.8) is 0 Å². The molecule has 0 spiro atoms. The van der Waals surface area contributed by atoms with E-state index in [0.717, 1.165) is 21.9 Å². The highest BCUT2D eigenvalue weighted by molar-refractivity contribution is 6.30. The van der Waals surface area contributed by atoms with E-state index in [-0.39, 0.29) is 0 Å². The third kappa shape index (κ3) is 4.38. The van der Waals surface area contributed by atoms with E-state index in [9.17, 15) is 0 Å². The molecule has 0 radical (unpaired) electrons. The molecule has 1 heterocycles. The number of hydrazone groups is 1. The largest absolute Gasteiger partial charge is 0.455 e. The third-order valence-corrected chi connectivity index (χ3v) is 3.74. The van der Waals surface area contributed by atoms with Crippen molar-refractivity contribution in [3.05, 3.63) is 82.0 Å².